The van der Waals surface area contributed by atoms with Crippen LogP contribution >= 0.6 is 0 Å². The monoisotopic (exact) mass is 879 g/mol. The number of rotatable bonds is 7. The van der Waals surface area contributed by atoms with Crippen LogP contribution in [0.5, 0.6) is 0 Å². The average Bonchev–Trinajstić information content (AvgIpc) is 4.06. The van der Waals surface area contributed by atoms with E-state index in [-0.39, 0.29) is 0 Å². The van der Waals surface area contributed by atoms with E-state index in [0.717, 1.165) is 77.9 Å². The van der Waals surface area contributed by atoms with Crippen LogP contribution in [0, 0.1) is 0 Å². The van der Waals surface area contributed by atoms with E-state index in [0.29, 0.717) is 5.95 Å². The van der Waals surface area contributed by atoms with E-state index in [2.05, 4.69) is 250 Å². The van der Waals surface area contributed by atoms with Gasteiger partial charge in [-0.05, 0) is 89.0 Å². The molecule has 0 N–H and O–H groups in total. The molecule has 0 aliphatic carbocycles. The molecular weight excluding hydrogens is 839 g/mol. The predicted molar refractivity (Wildman–Crippen MR) is 287 cm³/mol. The molecule has 0 aliphatic rings. The zero-order chi connectivity index (χ0) is 45.4. The van der Waals surface area contributed by atoms with Gasteiger partial charge in [0.15, 0.2) is 0 Å². The highest BCUT2D eigenvalue weighted by atomic mass is 15.2. The number of fused-ring (bicyclic) bond motifs is 9. The molecule has 322 valence electrons. The Hall–Kier alpha value is -9.32. The molecule has 4 aromatic heterocycles. The third-order valence-corrected chi connectivity index (χ3v) is 13.9. The molecule has 14 aromatic rings. The minimum atomic E-state index is 0.615. The quantitative estimate of drug-likeness (QED) is 0.160. The van der Waals surface area contributed by atoms with Crippen LogP contribution < -0.4 is 0 Å². The standard InChI is InChI=1S/C64H41N5/c1-5-17-42(18-6-1)56-41-57(43-19-7-2-8-20-43)66-64(65-56)69-62-39-46(44-29-33-52-50-25-13-15-27-58(50)67(60(52)37-44)48-21-9-3-10-22-48)31-35-54(62)55-36-32-47(40-63(55)69)45-30-34-53-51-26-14-16-28-59(51)68(61(53)38-45)49-23-11-4-12-24-49/h1-41H. The second kappa shape index (κ2) is 15.7. The summed E-state index contributed by atoms with van der Waals surface area (Å²) in [5, 5.41) is 7.19. The Balaban J connectivity index is 1.02. The fraction of sp³-hybridized carbons (Fsp3) is 0. The summed E-state index contributed by atoms with van der Waals surface area (Å²) in [6.45, 7) is 0. The van der Waals surface area contributed by atoms with E-state index in [4.69, 9.17) is 9.97 Å². The van der Waals surface area contributed by atoms with Crippen molar-refractivity contribution in [2.75, 3.05) is 0 Å². The molecule has 5 nitrogen and oxygen atoms in total. The summed E-state index contributed by atoms with van der Waals surface area (Å²) < 4.78 is 7.06. The van der Waals surface area contributed by atoms with Gasteiger partial charge in [0.05, 0.1) is 44.5 Å². The van der Waals surface area contributed by atoms with E-state index in [1.807, 2.05) is 12.1 Å². The van der Waals surface area contributed by atoms with Crippen molar-refractivity contribution in [3.8, 4) is 62.1 Å². The van der Waals surface area contributed by atoms with Crippen molar-refractivity contribution in [2.45, 2.75) is 0 Å². The van der Waals surface area contributed by atoms with Gasteiger partial charge in [-0.15, -0.1) is 0 Å². The summed E-state index contributed by atoms with van der Waals surface area (Å²) in [7, 11) is 0. The first-order chi connectivity index (χ1) is 34.2. The van der Waals surface area contributed by atoms with Crippen LogP contribution in [0.25, 0.3) is 128 Å². The van der Waals surface area contributed by atoms with Gasteiger partial charge in [0, 0.05) is 54.8 Å². The first kappa shape index (κ1) is 38.9. The van der Waals surface area contributed by atoms with Gasteiger partial charge in [-0.1, -0.05) is 182 Å². The summed E-state index contributed by atoms with van der Waals surface area (Å²) in [6, 6.07) is 89.3. The predicted octanol–water partition coefficient (Wildman–Crippen LogP) is 16.4. The summed E-state index contributed by atoms with van der Waals surface area (Å²) >= 11 is 0. The molecule has 0 bridgehead atoms. The Labute approximate surface area is 398 Å². The van der Waals surface area contributed by atoms with Gasteiger partial charge >= 0.3 is 0 Å². The lowest BCUT2D eigenvalue weighted by molar-refractivity contribution is 0.996. The van der Waals surface area contributed by atoms with Crippen LogP contribution in [-0.2, 0) is 0 Å². The Kier molecular flexibility index (Phi) is 8.83. The molecule has 5 heteroatoms. The summed E-state index contributed by atoms with van der Waals surface area (Å²) in [4.78, 5) is 10.9. The van der Waals surface area contributed by atoms with Gasteiger partial charge in [-0.2, -0.15) is 0 Å². The smallest absolute Gasteiger partial charge is 0.235 e. The van der Waals surface area contributed by atoms with Crippen LogP contribution in [-0.4, -0.2) is 23.7 Å². The largest absolute Gasteiger partial charge is 0.309 e. The first-order valence-corrected chi connectivity index (χ1v) is 23.5. The summed E-state index contributed by atoms with van der Waals surface area (Å²) in [6.07, 6.45) is 0. The molecule has 10 aromatic carbocycles. The molecule has 14 rings (SSSR count). The molecule has 0 amide bonds. The van der Waals surface area contributed by atoms with Crippen molar-refractivity contribution in [1.82, 2.24) is 23.7 Å². The van der Waals surface area contributed by atoms with E-state index < -0.39 is 0 Å². The van der Waals surface area contributed by atoms with E-state index in [9.17, 15) is 0 Å². The van der Waals surface area contributed by atoms with Crippen LogP contribution in [0.3, 0.4) is 0 Å². The average molecular weight is 880 g/mol. The number of aromatic nitrogens is 5. The summed E-state index contributed by atoms with van der Waals surface area (Å²) in [5.74, 6) is 0.615. The molecule has 0 saturated heterocycles. The van der Waals surface area contributed by atoms with Crippen molar-refractivity contribution >= 4 is 65.4 Å². The molecule has 0 atom stereocenters. The zero-order valence-electron chi connectivity index (χ0n) is 37.4. The highest BCUT2D eigenvalue weighted by Crippen LogP contribution is 2.41. The van der Waals surface area contributed by atoms with Crippen LogP contribution in [0.15, 0.2) is 249 Å². The highest BCUT2D eigenvalue weighted by Gasteiger charge is 2.21. The topological polar surface area (TPSA) is 40.6 Å². The van der Waals surface area contributed by atoms with Gasteiger partial charge < -0.3 is 9.13 Å². The maximum absolute atomic E-state index is 5.44. The summed E-state index contributed by atoms with van der Waals surface area (Å²) in [5.41, 5.74) is 17.3. The minimum absolute atomic E-state index is 0.615. The van der Waals surface area contributed by atoms with Crippen molar-refractivity contribution < 1.29 is 0 Å². The normalized spacial score (nSPS) is 11.8. The third kappa shape index (κ3) is 6.32. The SMILES string of the molecule is c1ccc(-c2cc(-c3ccccc3)nc(-n3c4cc(-c5ccc6c7ccccc7n(-c7ccccc7)c6c5)ccc4c4ccc(-c5ccc6c7ccccc7n(-c7ccccc7)c6c5)cc43)n2)cc1. The molecule has 0 spiro atoms. The number of hydrogen-bond acceptors (Lipinski definition) is 2. The van der Waals surface area contributed by atoms with E-state index in [1.165, 1.54) is 43.6 Å². The van der Waals surface area contributed by atoms with Crippen LogP contribution in [0.4, 0.5) is 0 Å². The lowest BCUT2D eigenvalue weighted by Crippen LogP contribution is -2.04. The maximum Gasteiger partial charge on any atom is 0.235 e. The van der Waals surface area contributed by atoms with Gasteiger partial charge in [0.2, 0.25) is 5.95 Å². The molecule has 0 saturated carbocycles. The number of para-hydroxylation sites is 4. The van der Waals surface area contributed by atoms with Crippen LogP contribution in [0.1, 0.15) is 0 Å². The maximum atomic E-state index is 5.44. The number of benzene rings is 10. The van der Waals surface area contributed by atoms with E-state index >= 15 is 0 Å². The Morgan fingerprint density at radius 2 is 0.522 bits per heavy atom. The Morgan fingerprint density at radius 3 is 0.899 bits per heavy atom. The second-order valence-corrected chi connectivity index (χ2v) is 17.8. The molecule has 4 heterocycles. The molecule has 0 unspecified atom stereocenters. The van der Waals surface area contributed by atoms with Crippen molar-refractivity contribution in [2.24, 2.45) is 0 Å². The Morgan fingerprint density at radius 1 is 0.217 bits per heavy atom. The molecule has 0 aliphatic heterocycles. The number of hydrogen-bond donors (Lipinski definition) is 0. The second-order valence-electron chi connectivity index (χ2n) is 17.8. The number of nitrogens with zero attached hydrogens (tertiary/aromatic N) is 5. The Bertz CT molecular complexity index is 4010. The molecular formula is C64H41N5. The van der Waals surface area contributed by atoms with E-state index in [1.54, 1.807) is 0 Å². The first-order valence-electron chi connectivity index (χ1n) is 23.5. The molecule has 0 fully saturated rings. The van der Waals surface area contributed by atoms with Gasteiger partial charge in [-0.25, -0.2) is 9.97 Å². The third-order valence-electron chi connectivity index (χ3n) is 13.9. The lowest BCUT2D eigenvalue weighted by Gasteiger charge is -2.13. The van der Waals surface area contributed by atoms with Gasteiger partial charge in [0.1, 0.15) is 0 Å². The molecule has 0 radical (unpaired) electrons. The van der Waals surface area contributed by atoms with Gasteiger partial charge in [0.25, 0.3) is 0 Å². The van der Waals surface area contributed by atoms with Crippen LogP contribution in [0.2, 0.25) is 0 Å². The fourth-order valence-electron chi connectivity index (χ4n) is 10.7. The van der Waals surface area contributed by atoms with Crippen molar-refractivity contribution in [3.05, 3.63) is 249 Å². The molecule has 69 heavy (non-hydrogen) atoms. The minimum Gasteiger partial charge on any atom is -0.309 e. The van der Waals surface area contributed by atoms with Gasteiger partial charge in [-0.3, -0.25) is 4.57 Å². The van der Waals surface area contributed by atoms with Crippen molar-refractivity contribution in [1.29, 1.82) is 0 Å². The van der Waals surface area contributed by atoms with Crippen molar-refractivity contribution in [3.63, 3.8) is 0 Å². The zero-order valence-corrected chi connectivity index (χ0v) is 37.4. The highest BCUT2D eigenvalue weighted by molar-refractivity contribution is 6.14. The lowest BCUT2D eigenvalue weighted by atomic mass is 10.00. The fourth-order valence-corrected chi connectivity index (χ4v) is 10.7.